The van der Waals surface area contributed by atoms with Gasteiger partial charge in [-0.3, -0.25) is 4.79 Å². The zero-order valence-corrected chi connectivity index (χ0v) is 11.0. The van der Waals surface area contributed by atoms with E-state index in [0.717, 1.165) is 12.0 Å². The number of aliphatic carboxylic acids is 1. The van der Waals surface area contributed by atoms with Crippen molar-refractivity contribution in [2.24, 2.45) is 5.73 Å². The van der Waals surface area contributed by atoms with Crippen molar-refractivity contribution in [1.82, 2.24) is 5.32 Å². The normalized spacial score (nSPS) is 13.6. The maximum absolute atomic E-state index is 11.7. The Hall–Kier alpha value is -1.88. The van der Waals surface area contributed by atoms with Gasteiger partial charge in [-0.1, -0.05) is 43.7 Å². The summed E-state index contributed by atoms with van der Waals surface area (Å²) in [5.41, 5.74) is 6.53. The van der Waals surface area contributed by atoms with Crippen LogP contribution in [0.1, 0.15) is 25.3 Å². The highest BCUT2D eigenvalue weighted by Gasteiger charge is 2.22. The molecule has 0 aliphatic heterocycles. The quantitative estimate of drug-likeness (QED) is 0.683. The van der Waals surface area contributed by atoms with E-state index in [1.54, 1.807) is 0 Å². The standard InChI is InChI=1S/C14H20N2O3/c1-2-6-11(15)13(17)16-12(14(18)19)9-10-7-4-3-5-8-10/h3-5,7-8,11-12H,2,6,9,15H2,1H3,(H,16,17)(H,18,19)/t11-,12?/m1/s1. The van der Waals surface area contributed by atoms with Crippen LogP contribution >= 0.6 is 0 Å². The zero-order chi connectivity index (χ0) is 14.3. The molecule has 0 saturated heterocycles. The first-order valence-electron chi connectivity index (χ1n) is 6.37. The molecule has 0 fully saturated rings. The van der Waals surface area contributed by atoms with Gasteiger partial charge in [-0.15, -0.1) is 0 Å². The molecule has 19 heavy (non-hydrogen) atoms. The summed E-state index contributed by atoms with van der Waals surface area (Å²) in [7, 11) is 0. The molecule has 1 amide bonds. The van der Waals surface area contributed by atoms with Crippen LogP contribution < -0.4 is 11.1 Å². The lowest BCUT2D eigenvalue weighted by Crippen LogP contribution is -2.49. The summed E-state index contributed by atoms with van der Waals surface area (Å²) in [5, 5.41) is 11.6. The molecule has 0 aliphatic rings. The summed E-state index contributed by atoms with van der Waals surface area (Å²) in [6.45, 7) is 1.92. The number of amides is 1. The van der Waals surface area contributed by atoms with E-state index in [9.17, 15) is 9.59 Å². The summed E-state index contributed by atoms with van der Waals surface area (Å²) < 4.78 is 0. The number of rotatable bonds is 7. The fourth-order valence-electron chi connectivity index (χ4n) is 1.77. The van der Waals surface area contributed by atoms with Gasteiger partial charge < -0.3 is 16.2 Å². The number of carbonyl (C=O) groups is 2. The summed E-state index contributed by atoms with van der Waals surface area (Å²) in [6.07, 6.45) is 1.58. The van der Waals surface area contributed by atoms with Crippen molar-refractivity contribution < 1.29 is 14.7 Å². The molecule has 0 heterocycles. The highest BCUT2D eigenvalue weighted by Crippen LogP contribution is 2.04. The van der Waals surface area contributed by atoms with Crippen LogP contribution in [0.4, 0.5) is 0 Å². The predicted octanol–water partition coefficient (Wildman–Crippen LogP) is 0.926. The molecule has 1 unspecified atom stereocenters. The van der Waals surface area contributed by atoms with E-state index < -0.39 is 24.0 Å². The van der Waals surface area contributed by atoms with Crippen molar-refractivity contribution in [3.8, 4) is 0 Å². The number of hydrogen-bond donors (Lipinski definition) is 3. The molecule has 4 N–H and O–H groups in total. The van der Waals surface area contributed by atoms with Gasteiger partial charge in [0, 0.05) is 6.42 Å². The van der Waals surface area contributed by atoms with Gasteiger partial charge in [0.15, 0.2) is 0 Å². The third kappa shape index (κ3) is 5.09. The van der Waals surface area contributed by atoms with Crippen LogP contribution in [0.3, 0.4) is 0 Å². The fourth-order valence-corrected chi connectivity index (χ4v) is 1.77. The number of nitrogens with two attached hydrogens (primary N) is 1. The number of benzene rings is 1. The van der Waals surface area contributed by atoms with E-state index in [1.165, 1.54) is 0 Å². The molecule has 0 aromatic heterocycles. The number of carboxylic acids is 1. The van der Waals surface area contributed by atoms with Crippen LogP contribution in [0.25, 0.3) is 0 Å². The van der Waals surface area contributed by atoms with Crippen LogP contribution in [0.2, 0.25) is 0 Å². The fraction of sp³-hybridized carbons (Fsp3) is 0.429. The zero-order valence-electron chi connectivity index (χ0n) is 11.0. The maximum Gasteiger partial charge on any atom is 0.326 e. The van der Waals surface area contributed by atoms with Gasteiger partial charge in [0.1, 0.15) is 6.04 Å². The third-order valence-corrected chi connectivity index (χ3v) is 2.83. The first-order chi connectivity index (χ1) is 9.04. The van der Waals surface area contributed by atoms with Gasteiger partial charge in [-0.2, -0.15) is 0 Å². The molecule has 104 valence electrons. The summed E-state index contributed by atoms with van der Waals surface area (Å²) in [4.78, 5) is 22.9. The Bertz CT molecular complexity index is 420. The molecule has 0 spiro atoms. The molecule has 1 aromatic carbocycles. The minimum Gasteiger partial charge on any atom is -0.480 e. The highest BCUT2D eigenvalue weighted by molar-refractivity contribution is 5.86. The van der Waals surface area contributed by atoms with Crippen molar-refractivity contribution in [2.45, 2.75) is 38.3 Å². The average molecular weight is 264 g/mol. The molecule has 0 aliphatic carbocycles. The van der Waals surface area contributed by atoms with Gasteiger partial charge in [0.25, 0.3) is 0 Å². The first-order valence-corrected chi connectivity index (χ1v) is 6.37. The van der Waals surface area contributed by atoms with E-state index >= 15 is 0 Å². The van der Waals surface area contributed by atoms with Crippen molar-refractivity contribution >= 4 is 11.9 Å². The van der Waals surface area contributed by atoms with Crippen LogP contribution in [-0.4, -0.2) is 29.1 Å². The first kappa shape index (κ1) is 15.2. The Morgan fingerprint density at radius 1 is 1.32 bits per heavy atom. The van der Waals surface area contributed by atoms with Crippen molar-refractivity contribution in [3.63, 3.8) is 0 Å². The van der Waals surface area contributed by atoms with Crippen LogP contribution in [-0.2, 0) is 16.0 Å². The molecule has 5 heteroatoms. The monoisotopic (exact) mass is 264 g/mol. The number of carboxylic acid groups (broad SMARTS) is 1. The summed E-state index contributed by atoms with van der Waals surface area (Å²) in [5.74, 6) is -1.47. The molecular formula is C14H20N2O3. The van der Waals surface area contributed by atoms with Crippen molar-refractivity contribution in [2.75, 3.05) is 0 Å². The number of carbonyl (C=O) groups excluding carboxylic acids is 1. The van der Waals surface area contributed by atoms with Crippen LogP contribution in [0.5, 0.6) is 0 Å². The SMILES string of the molecule is CCC[C@@H](N)C(=O)NC(Cc1ccccc1)C(=O)O. The van der Waals surface area contributed by atoms with Crippen LogP contribution in [0, 0.1) is 0 Å². The van der Waals surface area contributed by atoms with Gasteiger partial charge in [0.05, 0.1) is 6.04 Å². The molecule has 1 rings (SSSR count). The van der Waals surface area contributed by atoms with Gasteiger partial charge in [-0.25, -0.2) is 4.79 Å². The highest BCUT2D eigenvalue weighted by atomic mass is 16.4. The molecule has 5 nitrogen and oxygen atoms in total. The minimum absolute atomic E-state index is 0.251. The lowest BCUT2D eigenvalue weighted by Gasteiger charge is -2.17. The smallest absolute Gasteiger partial charge is 0.326 e. The van der Waals surface area contributed by atoms with Gasteiger partial charge in [0.2, 0.25) is 5.91 Å². The molecule has 1 aromatic rings. The van der Waals surface area contributed by atoms with Gasteiger partial charge in [-0.05, 0) is 12.0 Å². The van der Waals surface area contributed by atoms with E-state index in [2.05, 4.69) is 5.32 Å². The van der Waals surface area contributed by atoms with E-state index in [-0.39, 0.29) is 6.42 Å². The predicted molar refractivity (Wildman–Crippen MR) is 72.6 cm³/mol. The third-order valence-electron chi connectivity index (χ3n) is 2.83. The van der Waals surface area contributed by atoms with E-state index in [1.807, 2.05) is 37.3 Å². The van der Waals surface area contributed by atoms with Crippen LogP contribution in [0.15, 0.2) is 30.3 Å². The van der Waals surface area contributed by atoms with Gasteiger partial charge >= 0.3 is 5.97 Å². The molecular weight excluding hydrogens is 244 g/mol. The largest absolute Gasteiger partial charge is 0.480 e. The average Bonchev–Trinajstić information content (AvgIpc) is 2.39. The second-order valence-electron chi connectivity index (χ2n) is 4.48. The molecule has 2 atom stereocenters. The lowest BCUT2D eigenvalue weighted by atomic mass is 10.1. The Labute approximate surface area is 112 Å². The molecule has 0 saturated carbocycles. The Morgan fingerprint density at radius 2 is 1.95 bits per heavy atom. The Balaban J connectivity index is 2.64. The second kappa shape index (κ2) is 7.53. The summed E-state index contributed by atoms with van der Waals surface area (Å²) >= 11 is 0. The number of hydrogen-bond acceptors (Lipinski definition) is 3. The second-order valence-corrected chi connectivity index (χ2v) is 4.48. The topological polar surface area (TPSA) is 92.4 Å². The number of nitrogens with one attached hydrogen (secondary N) is 1. The van der Waals surface area contributed by atoms with E-state index in [4.69, 9.17) is 10.8 Å². The summed E-state index contributed by atoms with van der Waals surface area (Å²) in [6, 6.07) is 7.58. The van der Waals surface area contributed by atoms with E-state index in [0.29, 0.717) is 6.42 Å². The Morgan fingerprint density at radius 3 is 2.47 bits per heavy atom. The molecule has 0 radical (unpaired) electrons. The lowest BCUT2D eigenvalue weighted by molar-refractivity contribution is -0.142. The van der Waals surface area contributed by atoms with Crippen molar-refractivity contribution in [1.29, 1.82) is 0 Å². The Kier molecular flexibility index (Phi) is 6.02. The maximum atomic E-state index is 11.7. The minimum atomic E-state index is -1.05. The molecule has 0 bridgehead atoms. The van der Waals surface area contributed by atoms with Crippen molar-refractivity contribution in [3.05, 3.63) is 35.9 Å².